The van der Waals surface area contributed by atoms with Crippen LogP contribution in [0, 0.1) is 0 Å². The van der Waals surface area contributed by atoms with Crippen LogP contribution in [0.25, 0.3) is 5.65 Å². The van der Waals surface area contributed by atoms with E-state index in [4.69, 9.17) is 0 Å². The van der Waals surface area contributed by atoms with E-state index >= 15 is 0 Å². The molecule has 26 heavy (non-hydrogen) atoms. The number of carbonyl (C=O) groups excluding carboxylic acids is 1. The largest absolute Gasteiger partial charge is 0.354 e. The fourth-order valence-corrected chi connectivity index (χ4v) is 3.30. The van der Waals surface area contributed by atoms with Crippen LogP contribution in [-0.4, -0.2) is 44.2 Å². The van der Waals surface area contributed by atoms with Gasteiger partial charge in [-0.05, 0) is 31.0 Å². The lowest BCUT2D eigenvalue weighted by Crippen LogP contribution is -2.48. The quantitative estimate of drug-likeness (QED) is 0.755. The molecule has 1 atom stereocenters. The third-order valence-electron chi connectivity index (χ3n) is 4.58. The molecule has 1 amide bonds. The van der Waals surface area contributed by atoms with Crippen molar-refractivity contribution in [3.8, 4) is 0 Å². The highest BCUT2D eigenvalue weighted by Crippen LogP contribution is 2.17. The van der Waals surface area contributed by atoms with Crippen molar-refractivity contribution in [1.29, 1.82) is 0 Å². The Hall–Kier alpha value is -3.16. The van der Waals surface area contributed by atoms with Gasteiger partial charge in [0.2, 0.25) is 0 Å². The minimum atomic E-state index is -0.177. The van der Waals surface area contributed by atoms with Crippen LogP contribution >= 0.6 is 0 Å². The summed E-state index contributed by atoms with van der Waals surface area (Å²) in [5.74, 6) is 0.474. The summed E-state index contributed by atoms with van der Waals surface area (Å²) in [5.41, 5.74) is 0.923. The van der Waals surface area contributed by atoms with Gasteiger partial charge in [-0.3, -0.25) is 18.7 Å². The zero-order valence-corrected chi connectivity index (χ0v) is 14.5. The number of hydrogen-bond acceptors (Lipinski definition) is 5. The molecule has 8 nitrogen and oxygen atoms in total. The SMILES string of the molecule is Cn1ccc(C(=O)NC2CCCN(c3cc(=O)n4ccccc4n3)C2)n1. The van der Waals surface area contributed by atoms with Crippen LogP contribution < -0.4 is 15.8 Å². The second kappa shape index (κ2) is 6.62. The zero-order chi connectivity index (χ0) is 18.1. The average molecular weight is 352 g/mol. The molecule has 0 bridgehead atoms. The summed E-state index contributed by atoms with van der Waals surface area (Å²) in [5, 5.41) is 7.17. The topological polar surface area (TPSA) is 84.5 Å². The summed E-state index contributed by atoms with van der Waals surface area (Å²) in [4.78, 5) is 31.3. The first-order chi connectivity index (χ1) is 12.6. The predicted octanol–water partition coefficient (Wildman–Crippen LogP) is 0.827. The Labute approximate surface area is 150 Å². The lowest BCUT2D eigenvalue weighted by atomic mass is 10.1. The van der Waals surface area contributed by atoms with Gasteiger partial charge in [-0.1, -0.05) is 6.07 Å². The molecule has 1 N–H and O–H groups in total. The molecule has 1 saturated heterocycles. The minimum absolute atomic E-state index is 0.00529. The van der Waals surface area contributed by atoms with Gasteiger partial charge in [-0.25, -0.2) is 4.98 Å². The molecular weight excluding hydrogens is 332 g/mol. The van der Waals surface area contributed by atoms with Crippen LogP contribution in [0.1, 0.15) is 23.3 Å². The monoisotopic (exact) mass is 352 g/mol. The van der Waals surface area contributed by atoms with Gasteiger partial charge in [-0.15, -0.1) is 0 Å². The van der Waals surface area contributed by atoms with Crippen molar-refractivity contribution < 1.29 is 4.79 Å². The maximum absolute atomic E-state index is 12.3. The van der Waals surface area contributed by atoms with Crippen LogP contribution in [0.4, 0.5) is 5.82 Å². The molecule has 0 spiro atoms. The van der Waals surface area contributed by atoms with Gasteiger partial charge < -0.3 is 10.2 Å². The molecular formula is C18H20N6O2. The van der Waals surface area contributed by atoms with Gasteiger partial charge in [0.1, 0.15) is 17.2 Å². The summed E-state index contributed by atoms with van der Waals surface area (Å²) >= 11 is 0. The Kier molecular flexibility index (Phi) is 4.16. The Bertz CT molecular complexity index is 1010. The van der Waals surface area contributed by atoms with E-state index < -0.39 is 0 Å². The normalized spacial score (nSPS) is 17.4. The van der Waals surface area contributed by atoms with Crippen molar-refractivity contribution in [2.45, 2.75) is 18.9 Å². The lowest BCUT2D eigenvalue weighted by molar-refractivity contribution is 0.0927. The fourth-order valence-electron chi connectivity index (χ4n) is 3.30. The van der Waals surface area contributed by atoms with Crippen LogP contribution in [-0.2, 0) is 7.05 Å². The number of hydrogen-bond donors (Lipinski definition) is 1. The smallest absolute Gasteiger partial charge is 0.272 e. The first-order valence-electron chi connectivity index (χ1n) is 8.64. The number of piperidine rings is 1. The standard InChI is InChI=1S/C18H20N6O2/c1-22-10-7-14(21-22)18(26)19-13-5-4-8-23(12-13)16-11-17(25)24-9-3-2-6-15(24)20-16/h2-3,6-7,9-11,13H,4-5,8,12H2,1H3,(H,19,26). The molecule has 3 aromatic rings. The third kappa shape index (κ3) is 3.17. The number of amides is 1. The van der Waals surface area contributed by atoms with Crippen LogP contribution in [0.15, 0.2) is 47.5 Å². The summed E-state index contributed by atoms with van der Waals surface area (Å²) < 4.78 is 3.13. The zero-order valence-electron chi connectivity index (χ0n) is 14.5. The summed E-state index contributed by atoms with van der Waals surface area (Å²) in [7, 11) is 1.78. The third-order valence-corrected chi connectivity index (χ3v) is 4.58. The summed E-state index contributed by atoms with van der Waals surface area (Å²) in [6.45, 7) is 1.43. The molecule has 3 aromatic heterocycles. The van der Waals surface area contributed by atoms with Crippen molar-refractivity contribution in [2.24, 2.45) is 7.05 Å². The van der Waals surface area contributed by atoms with Crippen molar-refractivity contribution in [3.63, 3.8) is 0 Å². The predicted molar refractivity (Wildman–Crippen MR) is 97.4 cm³/mol. The highest BCUT2D eigenvalue weighted by atomic mass is 16.2. The van der Waals surface area contributed by atoms with E-state index in [2.05, 4.69) is 20.3 Å². The van der Waals surface area contributed by atoms with E-state index in [9.17, 15) is 9.59 Å². The summed E-state index contributed by atoms with van der Waals surface area (Å²) in [6.07, 6.45) is 5.26. The number of aromatic nitrogens is 4. The van der Waals surface area contributed by atoms with E-state index in [1.807, 2.05) is 12.1 Å². The van der Waals surface area contributed by atoms with Crippen molar-refractivity contribution in [1.82, 2.24) is 24.5 Å². The molecule has 8 heteroatoms. The Morgan fingerprint density at radius 2 is 2.15 bits per heavy atom. The Balaban J connectivity index is 1.52. The van der Waals surface area contributed by atoms with Gasteiger partial charge in [0, 0.05) is 44.6 Å². The van der Waals surface area contributed by atoms with E-state index in [1.165, 1.54) is 4.40 Å². The van der Waals surface area contributed by atoms with E-state index in [0.29, 0.717) is 23.7 Å². The minimum Gasteiger partial charge on any atom is -0.354 e. The molecule has 1 unspecified atom stereocenters. The average Bonchev–Trinajstić information content (AvgIpc) is 3.08. The second-order valence-corrected chi connectivity index (χ2v) is 6.51. The summed E-state index contributed by atoms with van der Waals surface area (Å²) in [6, 6.07) is 8.72. The molecule has 1 aliphatic heterocycles. The molecule has 0 aromatic carbocycles. The van der Waals surface area contributed by atoms with E-state index in [1.54, 1.807) is 42.3 Å². The van der Waals surface area contributed by atoms with Crippen molar-refractivity contribution in [3.05, 3.63) is 58.8 Å². The number of anilines is 1. The molecule has 0 radical (unpaired) electrons. The molecule has 1 aliphatic rings. The van der Waals surface area contributed by atoms with Gasteiger partial charge in [-0.2, -0.15) is 5.10 Å². The number of nitrogens with zero attached hydrogens (tertiary/aromatic N) is 5. The number of nitrogens with one attached hydrogen (secondary N) is 1. The first-order valence-corrected chi connectivity index (χ1v) is 8.64. The molecule has 4 heterocycles. The highest BCUT2D eigenvalue weighted by molar-refractivity contribution is 5.92. The van der Waals surface area contributed by atoms with Crippen molar-refractivity contribution >= 4 is 17.4 Å². The van der Waals surface area contributed by atoms with Crippen LogP contribution in [0.2, 0.25) is 0 Å². The molecule has 4 rings (SSSR count). The molecule has 134 valence electrons. The fraction of sp³-hybridized carbons (Fsp3) is 0.333. The number of fused-ring (bicyclic) bond motifs is 1. The van der Waals surface area contributed by atoms with Gasteiger partial charge >= 0.3 is 0 Å². The van der Waals surface area contributed by atoms with Crippen LogP contribution in [0.5, 0.6) is 0 Å². The molecule has 0 aliphatic carbocycles. The van der Waals surface area contributed by atoms with E-state index in [0.717, 1.165) is 19.4 Å². The highest BCUT2D eigenvalue weighted by Gasteiger charge is 2.24. The van der Waals surface area contributed by atoms with Gasteiger partial charge in [0.05, 0.1) is 0 Å². The maximum Gasteiger partial charge on any atom is 0.272 e. The number of carbonyl (C=O) groups is 1. The maximum atomic E-state index is 12.3. The Morgan fingerprint density at radius 1 is 1.27 bits per heavy atom. The lowest BCUT2D eigenvalue weighted by Gasteiger charge is -2.33. The van der Waals surface area contributed by atoms with Gasteiger partial charge in [0.25, 0.3) is 11.5 Å². The number of aryl methyl sites for hydroxylation is 1. The molecule has 0 saturated carbocycles. The van der Waals surface area contributed by atoms with Crippen molar-refractivity contribution in [2.75, 3.05) is 18.0 Å². The molecule has 1 fully saturated rings. The second-order valence-electron chi connectivity index (χ2n) is 6.51. The number of pyridine rings is 1. The van der Waals surface area contributed by atoms with E-state index in [-0.39, 0.29) is 17.5 Å². The van der Waals surface area contributed by atoms with Crippen LogP contribution in [0.3, 0.4) is 0 Å². The Morgan fingerprint density at radius 3 is 2.96 bits per heavy atom. The number of rotatable bonds is 3. The van der Waals surface area contributed by atoms with Gasteiger partial charge in [0.15, 0.2) is 0 Å². The first kappa shape index (κ1) is 16.3.